The van der Waals surface area contributed by atoms with Crippen LogP contribution in [0.4, 0.5) is 23.2 Å². The molecule has 1 aliphatic carbocycles. The molecule has 1 saturated heterocycles. The number of benzene rings is 2. The van der Waals surface area contributed by atoms with E-state index in [1.165, 1.54) is 46.8 Å². The lowest BCUT2D eigenvalue weighted by Gasteiger charge is -2.42. The molecule has 3 atom stereocenters. The molecular weight excluding hydrogens is 576 g/mol. The molecule has 13 heteroatoms. The smallest absolute Gasteiger partial charge is 0.376 e. The number of thiocarbonyl (C=S) groups is 1. The Kier molecular flexibility index (Phi) is 8.48. The van der Waals surface area contributed by atoms with Gasteiger partial charge in [-0.25, -0.2) is 12.8 Å². The van der Waals surface area contributed by atoms with E-state index in [0.29, 0.717) is 28.8 Å². The zero-order valence-electron chi connectivity index (χ0n) is 20.8. The van der Waals surface area contributed by atoms with Crippen LogP contribution in [0.1, 0.15) is 18.9 Å². The maximum Gasteiger partial charge on any atom is 0.421 e. The predicted octanol–water partition coefficient (Wildman–Crippen LogP) is 4.44. The molecule has 0 amide bonds. The summed E-state index contributed by atoms with van der Waals surface area (Å²) in [5.41, 5.74) is -2.93. The fraction of sp³-hybridized carbons (Fsp3) is 0.346. The second-order valence-electron chi connectivity index (χ2n) is 9.38. The van der Waals surface area contributed by atoms with Crippen molar-refractivity contribution in [1.29, 1.82) is 0 Å². The first-order chi connectivity index (χ1) is 18.2. The Hall–Kier alpha value is -2.45. The van der Waals surface area contributed by atoms with Crippen molar-refractivity contribution < 1.29 is 35.3 Å². The van der Waals surface area contributed by atoms with E-state index in [-0.39, 0.29) is 35.9 Å². The number of allylic oxidation sites excluding steroid dienone is 4. The Morgan fingerprint density at radius 3 is 2.31 bits per heavy atom. The highest BCUT2D eigenvalue weighted by Crippen LogP contribution is 2.39. The Balaban J connectivity index is 1.64. The lowest BCUT2D eigenvalue weighted by molar-refractivity contribution is -0.258. The van der Waals surface area contributed by atoms with Crippen molar-refractivity contribution in [3.63, 3.8) is 0 Å². The summed E-state index contributed by atoms with van der Waals surface area (Å²) in [7, 11) is -5.59. The summed E-state index contributed by atoms with van der Waals surface area (Å²) in [6, 6.07) is 9.65. The van der Waals surface area contributed by atoms with Gasteiger partial charge in [-0.3, -0.25) is 4.21 Å². The van der Waals surface area contributed by atoms with Crippen LogP contribution in [0, 0.1) is 5.82 Å². The minimum atomic E-state index is -4.88. The number of piperazine rings is 1. The van der Waals surface area contributed by atoms with Crippen LogP contribution in [0.15, 0.2) is 76.6 Å². The van der Waals surface area contributed by atoms with Crippen LogP contribution >= 0.6 is 12.2 Å². The molecule has 6 nitrogen and oxygen atoms in total. The third-order valence-electron chi connectivity index (χ3n) is 6.76. The van der Waals surface area contributed by atoms with E-state index in [1.54, 1.807) is 17.1 Å². The first kappa shape index (κ1) is 29.5. The first-order valence-electron chi connectivity index (χ1n) is 11.9. The van der Waals surface area contributed by atoms with Gasteiger partial charge in [-0.05, 0) is 55.0 Å². The normalized spacial score (nSPS) is 21.4. The molecule has 210 valence electrons. The fourth-order valence-corrected chi connectivity index (χ4v) is 7.76. The molecule has 1 N–H and O–H groups in total. The monoisotopic (exact) mass is 602 g/mol. The maximum absolute atomic E-state index is 13.4. The van der Waals surface area contributed by atoms with Crippen LogP contribution in [0.25, 0.3) is 0 Å². The summed E-state index contributed by atoms with van der Waals surface area (Å²) in [6.45, 7) is 0.837. The molecule has 39 heavy (non-hydrogen) atoms. The summed E-state index contributed by atoms with van der Waals surface area (Å²) in [5, 5.41) is 10.0. The van der Waals surface area contributed by atoms with Gasteiger partial charge in [0.2, 0.25) is 10.0 Å². The highest BCUT2D eigenvalue weighted by atomic mass is 32.2. The van der Waals surface area contributed by atoms with Crippen LogP contribution in [-0.4, -0.2) is 64.5 Å². The van der Waals surface area contributed by atoms with Gasteiger partial charge in [-0.1, -0.05) is 36.5 Å². The van der Waals surface area contributed by atoms with Crippen molar-refractivity contribution in [2.24, 2.45) is 0 Å². The molecule has 0 aromatic heterocycles. The van der Waals surface area contributed by atoms with Gasteiger partial charge in [0.1, 0.15) is 5.82 Å². The third-order valence-corrected chi connectivity index (χ3v) is 10.7. The summed E-state index contributed by atoms with van der Waals surface area (Å²) in [4.78, 5) is 2.46. The van der Waals surface area contributed by atoms with Crippen molar-refractivity contribution in [2.75, 3.05) is 30.3 Å². The average molecular weight is 603 g/mol. The molecule has 0 spiro atoms. The van der Waals surface area contributed by atoms with Gasteiger partial charge >= 0.3 is 6.18 Å². The number of hydrogen-bond acceptors (Lipinski definition) is 6. The molecule has 0 unspecified atom stereocenters. The Bertz CT molecular complexity index is 1420. The quantitative estimate of drug-likeness (QED) is 0.373. The number of hydrogen-bond donors (Lipinski definition) is 1. The fourth-order valence-electron chi connectivity index (χ4n) is 4.42. The summed E-state index contributed by atoms with van der Waals surface area (Å²) in [6.07, 6.45) is 0.273. The number of nitrogens with zero attached hydrogens (tertiary/aromatic N) is 2. The largest absolute Gasteiger partial charge is 0.421 e. The van der Waals surface area contributed by atoms with Crippen LogP contribution < -0.4 is 4.90 Å². The van der Waals surface area contributed by atoms with Gasteiger partial charge in [0.25, 0.3) is 0 Å². The van der Waals surface area contributed by atoms with Crippen LogP contribution in [0.3, 0.4) is 0 Å². The number of halogens is 4. The number of anilines is 1. The van der Waals surface area contributed by atoms with E-state index in [1.807, 2.05) is 0 Å². The van der Waals surface area contributed by atoms with E-state index < -0.39 is 44.5 Å². The van der Waals surface area contributed by atoms with E-state index in [9.17, 15) is 35.3 Å². The van der Waals surface area contributed by atoms with Crippen molar-refractivity contribution in [2.45, 2.75) is 36.1 Å². The zero-order chi connectivity index (χ0) is 28.6. The van der Waals surface area contributed by atoms with Crippen LogP contribution in [-0.2, 0) is 26.4 Å². The Labute approximate surface area is 232 Å². The molecule has 1 heterocycles. The molecule has 1 aliphatic heterocycles. The second kappa shape index (κ2) is 11.2. The Morgan fingerprint density at radius 2 is 1.72 bits per heavy atom. The lowest BCUT2D eigenvalue weighted by atomic mass is 9.95. The number of sulfonamides is 1. The van der Waals surface area contributed by atoms with Crippen LogP contribution in [0.2, 0.25) is 0 Å². The molecule has 1 fully saturated rings. The summed E-state index contributed by atoms with van der Waals surface area (Å²) in [5.74, 6) is -0.517. The lowest BCUT2D eigenvalue weighted by Crippen LogP contribution is -2.57. The van der Waals surface area contributed by atoms with Crippen molar-refractivity contribution in [1.82, 2.24) is 4.31 Å². The predicted molar refractivity (Wildman–Crippen MR) is 146 cm³/mol. The van der Waals surface area contributed by atoms with Crippen molar-refractivity contribution in [3.05, 3.63) is 83.0 Å². The van der Waals surface area contributed by atoms with Gasteiger partial charge < -0.3 is 10.0 Å². The Morgan fingerprint density at radius 1 is 1.08 bits per heavy atom. The zero-order valence-corrected chi connectivity index (χ0v) is 23.2. The van der Waals surface area contributed by atoms with Crippen molar-refractivity contribution >= 4 is 43.6 Å². The third kappa shape index (κ3) is 6.17. The molecule has 0 bridgehead atoms. The second-order valence-corrected chi connectivity index (χ2v) is 13.3. The average Bonchev–Trinajstić information content (AvgIpc) is 2.88. The van der Waals surface area contributed by atoms with Gasteiger partial charge in [0.15, 0.2) is 5.60 Å². The number of rotatable bonds is 7. The number of aliphatic hydroxyl groups is 1. The van der Waals surface area contributed by atoms with E-state index >= 15 is 0 Å². The van der Waals surface area contributed by atoms with Gasteiger partial charge in [0.05, 0.1) is 21.7 Å². The molecule has 4 rings (SSSR count). The summed E-state index contributed by atoms with van der Waals surface area (Å²) < 4.78 is 94.7. The molecule has 0 radical (unpaired) electrons. The van der Waals surface area contributed by atoms with Crippen molar-refractivity contribution in [3.8, 4) is 0 Å². The van der Waals surface area contributed by atoms with Crippen LogP contribution in [0.5, 0.6) is 0 Å². The molecule has 0 saturated carbocycles. The van der Waals surface area contributed by atoms with Gasteiger partial charge in [-0.15, -0.1) is 0 Å². The molecule has 2 aliphatic rings. The van der Waals surface area contributed by atoms with E-state index in [2.05, 4.69) is 0 Å². The number of alkyl halides is 3. The SMILES string of the molecule is C[C@](O)(c1ccc(N2CCN(S(=O)(=O)C3=CC=CCC3=S)C[C@@H]2C[S@@](=O)c2ccc(F)cc2)cc1)C(F)(F)F. The highest BCUT2D eigenvalue weighted by Gasteiger charge is 2.51. The topological polar surface area (TPSA) is 77.9 Å². The van der Waals surface area contributed by atoms with E-state index in [0.717, 1.165) is 12.1 Å². The standard InChI is InChI=1S/C26H26F4N2O4S3/c1-25(33,26(28,29)30)18-6-10-20(11-7-18)32-15-14-31(39(35,36)24-5-3-2-4-23(24)37)16-21(32)17-38(34)22-12-8-19(27)9-13-22/h2-3,5-13,21,33H,4,14-17H2,1H3/t21-,25+,38-/m1/s1. The minimum Gasteiger partial charge on any atom is -0.376 e. The maximum atomic E-state index is 13.4. The minimum absolute atomic E-state index is 0.0247. The summed E-state index contributed by atoms with van der Waals surface area (Å²) >= 11 is 5.27. The molecule has 2 aromatic carbocycles. The first-order valence-corrected chi connectivity index (χ1v) is 15.1. The van der Waals surface area contributed by atoms with Gasteiger partial charge in [-0.2, -0.15) is 17.5 Å². The highest BCUT2D eigenvalue weighted by molar-refractivity contribution is 7.96. The molecule has 2 aromatic rings. The van der Waals surface area contributed by atoms with Gasteiger partial charge in [0, 0.05) is 47.3 Å². The molecular formula is C26H26F4N2O4S3. The van der Waals surface area contributed by atoms with E-state index in [4.69, 9.17) is 12.2 Å².